The van der Waals surface area contributed by atoms with Gasteiger partial charge in [-0.25, -0.2) is 0 Å². The van der Waals surface area contributed by atoms with E-state index in [2.05, 4.69) is 11.9 Å². The first-order valence-corrected chi connectivity index (χ1v) is 6.52. The molecule has 2 aromatic rings. The molecule has 1 atom stereocenters. The fourth-order valence-electron chi connectivity index (χ4n) is 2.11. The minimum atomic E-state index is -0.0390. The average Bonchev–Trinajstić information content (AvgIpc) is 2.41. The summed E-state index contributed by atoms with van der Waals surface area (Å²) in [6.07, 6.45) is 5.37. The van der Waals surface area contributed by atoms with Crippen molar-refractivity contribution in [2.24, 2.45) is 5.73 Å². The van der Waals surface area contributed by atoms with Crippen molar-refractivity contribution in [3.63, 3.8) is 0 Å². The Balaban J connectivity index is 2.22. The fraction of sp³-hybridized carbons (Fsp3) is 0.267. The summed E-state index contributed by atoms with van der Waals surface area (Å²) in [5.41, 5.74) is 9.74. The van der Waals surface area contributed by atoms with E-state index in [0.717, 1.165) is 29.0 Å². The first-order valence-electron chi connectivity index (χ1n) is 6.14. The molecule has 0 radical (unpaired) electrons. The molecule has 2 N–H and O–H groups in total. The second kappa shape index (κ2) is 5.98. The quantitative estimate of drug-likeness (QED) is 0.913. The van der Waals surface area contributed by atoms with E-state index in [1.807, 2.05) is 36.5 Å². The van der Waals surface area contributed by atoms with Crippen molar-refractivity contribution in [3.05, 3.63) is 64.4 Å². The van der Waals surface area contributed by atoms with Crippen molar-refractivity contribution in [2.45, 2.75) is 25.8 Å². The molecule has 0 fully saturated rings. The van der Waals surface area contributed by atoms with Gasteiger partial charge in [0.25, 0.3) is 0 Å². The number of halogens is 1. The molecule has 1 unspecified atom stereocenters. The molecule has 0 saturated carbocycles. The molecule has 0 spiro atoms. The van der Waals surface area contributed by atoms with Crippen molar-refractivity contribution in [1.29, 1.82) is 0 Å². The highest BCUT2D eigenvalue weighted by Gasteiger charge is 2.12. The Hall–Kier alpha value is -1.38. The zero-order chi connectivity index (χ0) is 13.0. The van der Waals surface area contributed by atoms with Crippen LogP contribution in [0, 0.1) is 0 Å². The number of hydrogen-bond donors (Lipinski definition) is 1. The number of nitrogens with zero attached hydrogens (tertiary/aromatic N) is 1. The fourth-order valence-corrected chi connectivity index (χ4v) is 2.32. The smallest absolute Gasteiger partial charge is 0.0438 e. The van der Waals surface area contributed by atoms with Gasteiger partial charge >= 0.3 is 0 Å². The second-order valence-corrected chi connectivity index (χ2v) is 4.74. The third-order valence-corrected chi connectivity index (χ3v) is 3.49. The van der Waals surface area contributed by atoms with Crippen molar-refractivity contribution in [2.75, 3.05) is 0 Å². The van der Waals surface area contributed by atoms with Crippen LogP contribution in [0.15, 0.2) is 42.7 Å². The number of aromatic nitrogens is 1. The van der Waals surface area contributed by atoms with Crippen LogP contribution in [0.3, 0.4) is 0 Å². The molecule has 0 aliphatic rings. The number of aryl methyl sites for hydroxylation is 1. The predicted molar refractivity (Wildman–Crippen MR) is 75.7 cm³/mol. The Morgan fingerprint density at radius 3 is 2.72 bits per heavy atom. The van der Waals surface area contributed by atoms with Crippen LogP contribution < -0.4 is 5.73 Å². The Morgan fingerprint density at radius 1 is 1.22 bits per heavy atom. The second-order valence-electron chi connectivity index (χ2n) is 4.33. The van der Waals surface area contributed by atoms with E-state index in [1.54, 1.807) is 6.20 Å². The lowest BCUT2D eigenvalue weighted by atomic mass is 9.96. The number of hydrogen-bond acceptors (Lipinski definition) is 2. The van der Waals surface area contributed by atoms with E-state index in [4.69, 9.17) is 17.3 Å². The standard InChI is InChI=1S/C15H17ClN2/c1-2-11-10-18-8-7-13(11)15(17)9-12-5-3-4-6-14(12)16/h3-8,10,15H,2,9,17H2,1H3. The van der Waals surface area contributed by atoms with Gasteiger partial charge in [0.1, 0.15) is 0 Å². The molecule has 0 amide bonds. The van der Waals surface area contributed by atoms with E-state index in [9.17, 15) is 0 Å². The van der Waals surface area contributed by atoms with Crippen molar-refractivity contribution >= 4 is 11.6 Å². The van der Waals surface area contributed by atoms with E-state index >= 15 is 0 Å². The molecule has 1 aromatic carbocycles. The van der Waals surface area contributed by atoms with Crippen molar-refractivity contribution in [1.82, 2.24) is 4.98 Å². The van der Waals surface area contributed by atoms with Gasteiger partial charge in [0, 0.05) is 23.5 Å². The van der Waals surface area contributed by atoms with Gasteiger partial charge in [-0.05, 0) is 41.7 Å². The normalized spacial score (nSPS) is 12.4. The topological polar surface area (TPSA) is 38.9 Å². The lowest BCUT2D eigenvalue weighted by Crippen LogP contribution is -2.15. The lowest BCUT2D eigenvalue weighted by Gasteiger charge is -2.16. The lowest BCUT2D eigenvalue weighted by molar-refractivity contribution is 0.710. The number of nitrogens with two attached hydrogens (primary N) is 1. The SMILES string of the molecule is CCc1cnccc1C(N)Cc1ccccc1Cl. The van der Waals surface area contributed by atoms with Crippen LogP contribution in [0.25, 0.3) is 0 Å². The molecule has 1 aromatic heterocycles. The summed E-state index contributed by atoms with van der Waals surface area (Å²) in [6, 6.07) is 9.80. The van der Waals surface area contributed by atoms with Crippen LogP contribution in [-0.2, 0) is 12.8 Å². The largest absolute Gasteiger partial charge is 0.324 e. The Bertz CT molecular complexity index is 525. The Morgan fingerprint density at radius 2 is 2.00 bits per heavy atom. The summed E-state index contributed by atoms with van der Waals surface area (Å²) < 4.78 is 0. The van der Waals surface area contributed by atoms with Gasteiger partial charge in [0.15, 0.2) is 0 Å². The van der Waals surface area contributed by atoms with Crippen LogP contribution in [0.1, 0.15) is 29.7 Å². The van der Waals surface area contributed by atoms with Crippen LogP contribution in [-0.4, -0.2) is 4.98 Å². The van der Waals surface area contributed by atoms with Gasteiger partial charge in [-0.1, -0.05) is 36.7 Å². The van der Waals surface area contributed by atoms with E-state index in [0.29, 0.717) is 0 Å². The summed E-state index contributed by atoms with van der Waals surface area (Å²) in [5.74, 6) is 0. The van der Waals surface area contributed by atoms with Gasteiger partial charge in [-0.15, -0.1) is 0 Å². The van der Waals surface area contributed by atoms with Crippen molar-refractivity contribution in [3.8, 4) is 0 Å². The minimum Gasteiger partial charge on any atom is -0.324 e. The van der Waals surface area contributed by atoms with Crippen LogP contribution in [0.4, 0.5) is 0 Å². The summed E-state index contributed by atoms with van der Waals surface area (Å²) in [5, 5.41) is 0.778. The van der Waals surface area contributed by atoms with E-state index < -0.39 is 0 Å². The molecule has 2 rings (SSSR count). The summed E-state index contributed by atoms with van der Waals surface area (Å²) in [6.45, 7) is 2.11. The molecule has 94 valence electrons. The monoisotopic (exact) mass is 260 g/mol. The summed E-state index contributed by atoms with van der Waals surface area (Å²) in [7, 11) is 0. The highest BCUT2D eigenvalue weighted by Crippen LogP contribution is 2.23. The molecule has 18 heavy (non-hydrogen) atoms. The predicted octanol–water partition coefficient (Wildman–Crippen LogP) is 3.54. The van der Waals surface area contributed by atoms with E-state index in [-0.39, 0.29) is 6.04 Å². The van der Waals surface area contributed by atoms with Gasteiger partial charge in [-0.2, -0.15) is 0 Å². The molecule has 0 aliphatic carbocycles. The van der Waals surface area contributed by atoms with Gasteiger partial charge in [0.2, 0.25) is 0 Å². The maximum atomic E-state index is 6.29. The van der Waals surface area contributed by atoms with Gasteiger partial charge < -0.3 is 5.73 Å². The number of rotatable bonds is 4. The molecular weight excluding hydrogens is 244 g/mol. The highest BCUT2D eigenvalue weighted by molar-refractivity contribution is 6.31. The maximum absolute atomic E-state index is 6.29. The molecule has 3 heteroatoms. The molecular formula is C15H17ClN2. The summed E-state index contributed by atoms with van der Waals surface area (Å²) >= 11 is 6.16. The van der Waals surface area contributed by atoms with Crippen LogP contribution in [0.2, 0.25) is 5.02 Å². The zero-order valence-corrected chi connectivity index (χ0v) is 11.2. The van der Waals surface area contributed by atoms with Crippen molar-refractivity contribution < 1.29 is 0 Å². The third kappa shape index (κ3) is 2.89. The Labute approximate surface area is 113 Å². The average molecular weight is 261 g/mol. The number of benzene rings is 1. The third-order valence-electron chi connectivity index (χ3n) is 3.12. The first-order chi connectivity index (χ1) is 8.72. The Kier molecular flexibility index (Phi) is 4.34. The zero-order valence-electron chi connectivity index (χ0n) is 10.4. The molecule has 1 heterocycles. The summed E-state index contributed by atoms with van der Waals surface area (Å²) in [4.78, 5) is 4.14. The molecule has 0 bridgehead atoms. The van der Waals surface area contributed by atoms with E-state index in [1.165, 1.54) is 5.56 Å². The first kappa shape index (κ1) is 13.1. The maximum Gasteiger partial charge on any atom is 0.0438 e. The highest BCUT2D eigenvalue weighted by atomic mass is 35.5. The molecule has 2 nitrogen and oxygen atoms in total. The molecule has 0 saturated heterocycles. The van der Waals surface area contributed by atoms with Gasteiger partial charge in [0.05, 0.1) is 0 Å². The van der Waals surface area contributed by atoms with Crippen LogP contribution >= 0.6 is 11.6 Å². The molecule has 0 aliphatic heterocycles. The van der Waals surface area contributed by atoms with Gasteiger partial charge in [-0.3, -0.25) is 4.98 Å². The number of pyridine rings is 1. The van der Waals surface area contributed by atoms with Crippen LogP contribution in [0.5, 0.6) is 0 Å². The minimum absolute atomic E-state index is 0.0390.